The first kappa shape index (κ1) is 34.7. The topological polar surface area (TPSA) is 61.0 Å². The van der Waals surface area contributed by atoms with E-state index in [4.69, 9.17) is 25.8 Å². The van der Waals surface area contributed by atoms with E-state index in [0.29, 0.717) is 47.8 Å². The lowest BCUT2D eigenvalue weighted by Gasteiger charge is -2.34. The van der Waals surface area contributed by atoms with Gasteiger partial charge >= 0.3 is 6.03 Å². The van der Waals surface area contributed by atoms with Crippen LogP contribution in [0.1, 0.15) is 39.2 Å². The van der Waals surface area contributed by atoms with Crippen molar-refractivity contribution in [2.45, 2.75) is 46.3 Å². The van der Waals surface area contributed by atoms with Crippen molar-refractivity contribution < 1.29 is 19.0 Å². The van der Waals surface area contributed by atoms with Crippen LogP contribution in [0.4, 0.5) is 21.9 Å². The van der Waals surface area contributed by atoms with Gasteiger partial charge in [-0.25, -0.2) is 4.79 Å². The van der Waals surface area contributed by atoms with E-state index in [1.165, 1.54) is 0 Å². The Kier molecular flexibility index (Phi) is 11.8. The Morgan fingerprint density at radius 3 is 2.34 bits per heavy atom. The molecule has 2 amide bonds. The number of amides is 2. The molecule has 10 heteroatoms. The average Bonchev–Trinajstić information content (AvgIpc) is 3.35. The largest absolute Gasteiger partial charge is 0.493 e. The number of anilines is 3. The molecule has 2 aliphatic heterocycles. The second-order valence-corrected chi connectivity index (χ2v) is 13.2. The molecule has 1 saturated heterocycles. The van der Waals surface area contributed by atoms with Gasteiger partial charge in [-0.15, -0.1) is 0 Å². The van der Waals surface area contributed by atoms with E-state index in [1.54, 1.807) is 25.2 Å². The summed E-state index contributed by atoms with van der Waals surface area (Å²) in [7, 11) is 5.31. The monoisotopic (exact) mass is 663 g/mol. The number of likely N-dealkylation sites (N-methyl/N-ethyl adjacent to an activating group) is 1. The van der Waals surface area contributed by atoms with Gasteiger partial charge in [-0.05, 0) is 63.1 Å². The smallest absolute Gasteiger partial charge is 0.330 e. The maximum absolute atomic E-state index is 14.7. The predicted octanol–water partition coefficient (Wildman–Crippen LogP) is 7.22. The molecule has 0 radical (unpaired) electrons. The highest BCUT2D eigenvalue weighted by atomic mass is 35.5. The third-order valence-electron chi connectivity index (χ3n) is 9.18. The minimum atomic E-state index is -0.259. The summed E-state index contributed by atoms with van der Waals surface area (Å²) < 4.78 is 17.4. The standard InChI is InChI=1S/C37H50ClN5O4/c1-27(2)18-20-41(32-16-17-34(45-5)36(46-6)35(32)38)37(44)43-28(3)42(30-13-8-9-14-31(30)43)26-29-12-7-10-15-33(29)47-25-11-19-40-23-21-39(4)22-24-40/h7-10,12-17,27-28H,11,18-26H2,1-6H3. The second-order valence-electron chi connectivity index (χ2n) is 12.8. The number of ether oxygens (including phenoxy) is 3. The number of hydrogen-bond donors (Lipinski definition) is 0. The number of piperazine rings is 1. The van der Waals surface area contributed by atoms with Gasteiger partial charge in [0.2, 0.25) is 0 Å². The Morgan fingerprint density at radius 1 is 0.936 bits per heavy atom. The van der Waals surface area contributed by atoms with Crippen LogP contribution in [-0.4, -0.2) is 89.1 Å². The fourth-order valence-corrected chi connectivity index (χ4v) is 6.69. The molecule has 0 spiro atoms. The molecule has 3 aromatic carbocycles. The number of para-hydroxylation sites is 3. The van der Waals surface area contributed by atoms with Gasteiger partial charge in [-0.1, -0.05) is 55.8 Å². The van der Waals surface area contributed by atoms with E-state index in [1.807, 2.05) is 41.3 Å². The molecule has 0 aliphatic carbocycles. The zero-order valence-corrected chi connectivity index (χ0v) is 29.5. The number of carbonyl (C=O) groups is 1. The molecule has 254 valence electrons. The van der Waals surface area contributed by atoms with E-state index in [0.717, 1.165) is 68.3 Å². The summed E-state index contributed by atoms with van der Waals surface area (Å²) >= 11 is 6.90. The number of nitrogens with zero attached hydrogens (tertiary/aromatic N) is 5. The first-order valence-corrected chi connectivity index (χ1v) is 17.1. The van der Waals surface area contributed by atoms with Gasteiger partial charge in [0.1, 0.15) is 16.9 Å². The van der Waals surface area contributed by atoms with Crippen LogP contribution in [0.3, 0.4) is 0 Å². The van der Waals surface area contributed by atoms with Crippen molar-refractivity contribution in [1.82, 2.24) is 9.80 Å². The lowest BCUT2D eigenvalue weighted by atomic mass is 10.1. The lowest BCUT2D eigenvalue weighted by molar-refractivity contribution is 0.145. The molecule has 3 aromatic rings. The van der Waals surface area contributed by atoms with E-state index in [-0.39, 0.29) is 12.2 Å². The Hall–Kier alpha value is -3.66. The minimum Gasteiger partial charge on any atom is -0.493 e. The van der Waals surface area contributed by atoms with Crippen molar-refractivity contribution in [3.05, 3.63) is 71.2 Å². The maximum Gasteiger partial charge on any atom is 0.330 e. The molecule has 2 heterocycles. The van der Waals surface area contributed by atoms with Crippen molar-refractivity contribution in [1.29, 1.82) is 0 Å². The first-order valence-electron chi connectivity index (χ1n) is 16.7. The molecule has 0 saturated carbocycles. The zero-order valence-electron chi connectivity index (χ0n) is 28.7. The minimum absolute atomic E-state index is 0.143. The summed E-state index contributed by atoms with van der Waals surface area (Å²) in [5.41, 5.74) is 3.54. The van der Waals surface area contributed by atoms with Crippen LogP contribution >= 0.6 is 11.6 Å². The van der Waals surface area contributed by atoms with Crippen molar-refractivity contribution in [3.63, 3.8) is 0 Å². The Morgan fingerprint density at radius 2 is 1.64 bits per heavy atom. The zero-order chi connectivity index (χ0) is 33.5. The van der Waals surface area contributed by atoms with Gasteiger partial charge in [0.25, 0.3) is 0 Å². The van der Waals surface area contributed by atoms with Crippen LogP contribution in [0.5, 0.6) is 17.2 Å². The SMILES string of the molecule is COc1ccc(N(CCC(C)C)C(=O)N2c3ccccc3N(Cc3ccccc3OCCCN3CCN(C)CC3)C2C)c(Cl)c1OC. The summed E-state index contributed by atoms with van der Waals surface area (Å²) in [4.78, 5) is 25.5. The summed E-state index contributed by atoms with van der Waals surface area (Å²) in [6.07, 6.45) is 1.53. The summed E-state index contributed by atoms with van der Waals surface area (Å²) in [5.74, 6) is 2.20. The van der Waals surface area contributed by atoms with E-state index in [9.17, 15) is 4.79 Å². The summed E-state index contributed by atoms with van der Waals surface area (Å²) in [6.45, 7) is 13.7. The van der Waals surface area contributed by atoms with Crippen LogP contribution in [0.2, 0.25) is 5.02 Å². The van der Waals surface area contributed by atoms with Gasteiger partial charge in [0.05, 0.1) is 37.9 Å². The maximum atomic E-state index is 14.7. The molecule has 9 nitrogen and oxygen atoms in total. The quantitative estimate of drug-likeness (QED) is 0.179. The Balaban J connectivity index is 1.36. The van der Waals surface area contributed by atoms with E-state index >= 15 is 0 Å². The van der Waals surface area contributed by atoms with Crippen LogP contribution in [0.25, 0.3) is 0 Å². The van der Waals surface area contributed by atoms with E-state index in [2.05, 4.69) is 60.7 Å². The lowest BCUT2D eigenvalue weighted by Crippen LogP contribution is -2.50. The molecular formula is C37H50ClN5O4. The number of benzene rings is 3. The van der Waals surface area contributed by atoms with Crippen LogP contribution in [0.15, 0.2) is 60.7 Å². The molecule has 0 bridgehead atoms. The fourth-order valence-electron chi connectivity index (χ4n) is 6.36. The normalized spacial score (nSPS) is 16.8. The molecule has 0 aromatic heterocycles. The molecule has 5 rings (SSSR count). The average molecular weight is 664 g/mol. The molecule has 47 heavy (non-hydrogen) atoms. The van der Waals surface area contributed by atoms with Crippen LogP contribution in [-0.2, 0) is 6.54 Å². The number of halogens is 1. The highest BCUT2D eigenvalue weighted by Gasteiger charge is 2.40. The summed E-state index contributed by atoms with van der Waals surface area (Å²) in [5, 5.41) is 0.347. The molecular weight excluding hydrogens is 614 g/mol. The van der Waals surface area contributed by atoms with Crippen molar-refractivity contribution in [2.75, 3.05) is 81.8 Å². The van der Waals surface area contributed by atoms with Gasteiger partial charge in [-0.2, -0.15) is 0 Å². The summed E-state index contributed by atoms with van der Waals surface area (Å²) in [6, 6.07) is 19.8. The van der Waals surface area contributed by atoms with Gasteiger partial charge in [0, 0.05) is 51.4 Å². The second kappa shape index (κ2) is 16.0. The molecule has 1 unspecified atom stereocenters. The van der Waals surface area contributed by atoms with Gasteiger partial charge in [-0.3, -0.25) is 9.80 Å². The Labute approximate surface area is 285 Å². The van der Waals surface area contributed by atoms with Crippen molar-refractivity contribution in [2.24, 2.45) is 5.92 Å². The number of fused-ring (bicyclic) bond motifs is 1. The highest BCUT2D eigenvalue weighted by Crippen LogP contribution is 2.45. The number of methoxy groups -OCH3 is 2. The van der Waals surface area contributed by atoms with Crippen molar-refractivity contribution >= 4 is 34.7 Å². The van der Waals surface area contributed by atoms with Gasteiger partial charge in [0.15, 0.2) is 11.5 Å². The van der Waals surface area contributed by atoms with Gasteiger partial charge < -0.3 is 28.9 Å². The first-order chi connectivity index (χ1) is 22.7. The predicted molar refractivity (Wildman–Crippen MR) is 192 cm³/mol. The number of urea groups is 1. The number of hydrogen-bond acceptors (Lipinski definition) is 7. The molecule has 1 atom stereocenters. The van der Waals surface area contributed by atoms with Crippen LogP contribution in [0, 0.1) is 5.92 Å². The molecule has 1 fully saturated rings. The fraction of sp³-hybridized carbons (Fsp3) is 0.486. The Bertz CT molecular complexity index is 1500. The third-order valence-corrected chi connectivity index (χ3v) is 9.55. The van der Waals surface area contributed by atoms with Crippen LogP contribution < -0.4 is 28.9 Å². The molecule has 0 N–H and O–H groups in total. The number of carbonyl (C=O) groups excluding carboxylic acids is 1. The van der Waals surface area contributed by atoms with E-state index < -0.39 is 0 Å². The molecule has 2 aliphatic rings. The van der Waals surface area contributed by atoms with Crippen molar-refractivity contribution in [3.8, 4) is 17.2 Å². The highest BCUT2D eigenvalue weighted by molar-refractivity contribution is 6.35. The third kappa shape index (κ3) is 7.91. The number of rotatable bonds is 13.